The third-order valence-corrected chi connectivity index (χ3v) is 3.74. The molecule has 2 aliphatic rings. The van der Waals surface area contributed by atoms with Crippen LogP contribution in [0.4, 0.5) is 0 Å². The summed E-state index contributed by atoms with van der Waals surface area (Å²) >= 11 is 0. The van der Waals surface area contributed by atoms with E-state index in [2.05, 4.69) is 10.3 Å². The molecule has 0 radical (unpaired) electrons. The van der Waals surface area contributed by atoms with Crippen LogP contribution in [-0.4, -0.2) is 47.6 Å². The van der Waals surface area contributed by atoms with Crippen molar-refractivity contribution in [3.63, 3.8) is 0 Å². The van der Waals surface area contributed by atoms with E-state index in [9.17, 15) is 4.79 Å². The Kier molecular flexibility index (Phi) is 3.97. The minimum Gasteiger partial charge on any atom is -0.489 e. The van der Waals surface area contributed by atoms with Crippen LogP contribution in [0.3, 0.4) is 0 Å². The molecule has 0 bridgehead atoms. The van der Waals surface area contributed by atoms with Crippen LogP contribution in [0, 0.1) is 0 Å². The molecule has 0 aromatic carbocycles. The SMILES string of the molecule is O=C([C@@H]1C=CCN1)N1CCC(Oc2cccnc2)CC1. The van der Waals surface area contributed by atoms with E-state index in [0.29, 0.717) is 0 Å². The molecule has 0 saturated carbocycles. The van der Waals surface area contributed by atoms with Crippen LogP contribution in [0.15, 0.2) is 36.7 Å². The summed E-state index contributed by atoms with van der Waals surface area (Å²) in [6.45, 7) is 2.31. The summed E-state index contributed by atoms with van der Waals surface area (Å²) in [6, 6.07) is 3.65. The molecule has 1 fully saturated rings. The molecule has 1 aromatic heterocycles. The summed E-state index contributed by atoms with van der Waals surface area (Å²) in [4.78, 5) is 18.2. The fourth-order valence-electron chi connectivity index (χ4n) is 2.64. The van der Waals surface area contributed by atoms with Crippen molar-refractivity contribution >= 4 is 5.91 Å². The maximum Gasteiger partial charge on any atom is 0.243 e. The average Bonchev–Trinajstić information content (AvgIpc) is 3.03. The quantitative estimate of drug-likeness (QED) is 0.834. The van der Waals surface area contributed by atoms with Crippen LogP contribution < -0.4 is 10.1 Å². The van der Waals surface area contributed by atoms with Crippen molar-refractivity contribution in [3.8, 4) is 5.75 Å². The summed E-state index contributed by atoms with van der Waals surface area (Å²) in [5.41, 5.74) is 0. The molecule has 1 aromatic rings. The van der Waals surface area contributed by atoms with Gasteiger partial charge >= 0.3 is 0 Å². The molecule has 0 aliphatic carbocycles. The Balaban J connectivity index is 1.49. The number of aromatic nitrogens is 1. The molecule has 106 valence electrons. The van der Waals surface area contributed by atoms with Crippen molar-refractivity contribution in [3.05, 3.63) is 36.7 Å². The molecule has 1 amide bonds. The lowest BCUT2D eigenvalue weighted by Gasteiger charge is -2.33. The van der Waals surface area contributed by atoms with Gasteiger partial charge in [0.2, 0.25) is 5.91 Å². The lowest BCUT2D eigenvalue weighted by Crippen LogP contribution is -2.48. The highest BCUT2D eigenvalue weighted by Gasteiger charge is 2.28. The third kappa shape index (κ3) is 2.99. The largest absolute Gasteiger partial charge is 0.489 e. The average molecular weight is 273 g/mol. The van der Waals surface area contributed by atoms with Gasteiger partial charge in [0.05, 0.1) is 6.20 Å². The number of rotatable bonds is 3. The lowest BCUT2D eigenvalue weighted by atomic mass is 10.1. The second-order valence-electron chi connectivity index (χ2n) is 5.15. The summed E-state index contributed by atoms with van der Waals surface area (Å²) in [6.07, 6.45) is 9.33. The molecule has 2 aliphatic heterocycles. The number of carbonyl (C=O) groups is 1. The van der Waals surface area contributed by atoms with Crippen molar-refractivity contribution in [1.29, 1.82) is 0 Å². The Hall–Kier alpha value is -1.88. The molecule has 1 atom stereocenters. The van der Waals surface area contributed by atoms with Gasteiger partial charge in [-0.05, 0) is 12.1 Å². The summed E-state index contributed by atoms with van der Waals surface area (Å²) in [7, 11) is 0. The third-order valence-electron chi connectivity index (χ3n) is 3.74. The zero-order valence-corrected chi connectivity index (χ0v) is 11.4. The van der Waals surface area contributed by atoms with Crippen LogP contribution in [0.1, 0.15) is 12.8 Å². The number of piperidine rings is 1. The van der Waals surface area contributed by atoms with E-state index in [4.69, 9.17) is 4.74 Å². The van der Waals surface area contributed by atoms with E-state index in [0.717, 1.165) is 38.2 Å². The molecule has 1 saturated heterocycles. The van der Waals surface area contributed by atoms with Crippen molar-refractivity contribution in [2.45, 2.75) is 25.0 Å². The van der Waals surface area contributed by atoms with Gasteiger partial charge < -0.3 is 9.64 Å². The number of hydrogen-bond acceptors (Lipinski definition) is 4. The highest BCUT2D eigenvalue weighted by atomic mass is 16.5. The van der Waals surface area contributed by atoms with Gasteiger partial charge in [0.15, 0.2) is 0 Å². The summed E-state index contributed by atoms with van der Waals surface area (Å²) in [5, 5.41) is 3.16. The van der Waals surface area contributed by atoms with E-state index in [1.54, 1.807) is 12.4 Å². The van der Waals surface area contributed by atoms with Gasteiger partial charge in [-0.25, -0.2) is 0 Å². The number of nitrogens with one attached hydrogen (secondary N) is 1. The second-order valence-corrected chi connectivity index (χ2v) is 5.15. The monoisotopic (exact) mass is 273 g/mol. The van der Waals surface area contributed by atoms with Gasteiger partial charge in [-0.15, -0.1) is 0 Å². The minimum atomic E-state index is -0.134. The lowest BCUT2D eigenvalue weighted by molar-refractivity contribution is -0.133. The summed E-state index contributed by atoms with van der Waals surface area (Å²) < 4.78 is 5.88. The smallest absolute Gasteiger partial charge is 0.243 e. The normalized spacial score (nSPS) is 23.0. The van der Waals surface area contributed by atoms with Gasteiger partial charge in [0.25, 0.3) is 0 Å². The number of pyridine rings is 1. The maximum atomic E-state index is 12.2. The molecule has 3 rings (SSSR count). The highest BCUT2D eigenvalue weighted by molar-refractivity contribution is 5.84. The van der Waals surface area contributed by atoms with E-state index < -0.39 is 0 Å². The zero-order chi connectivity index (χ0) is 13.8. The number of carbonyl (C=O) groups excluding carboxylic acids is 1. The van der Waals surface area contributed by atoms with Gasteiger partial charge in [-0.2, -0.15) is 0 Å². The highest BCUT2D eigenvalue weighted by Crippen LogP contribution is 2.18. The zero-order valence-electron chi connectivity index (χ0n) is 11.4. The van der Waals surface area contributed by atoms with Crippen molar-refractivity contribution in [2.75, 3.05) is 19.6 Å². The summed E-state index contributed by atoms with van der Waals surface area (Å²) in [5.74, 6) is 0.983. The predicted octanol–water partition coefficient (Wildman–Crippen LogP) is 0.979. The standard InChI is InChI=1S/C15H19N3O2/c19-15(14-4-2-8-17-14)18-9-5-12(6-10-18)20-13-3-1-7-16-11-13/h1-4,7,11-12,14,17H,5-6,8-10H2/t14-/m0/s1. The Bertz CT molecular complexity index is 481. The Morgan fingerprint density at radius 2 is 2.25 bits per heavy atom. The van der Waals surface area contributed by atoms with Crippen LogP contribution in [0.5, 0.6) is 5.75 Å². The number of likely N-dealkylation sites (tertiary alicyclic amines) is 1. The number of hydrogen-bond donors (Lipinski definition) is 1. The number of nitrogens with zero attached hydrogens (tertiary/aromatic N) is 2. The van der Waals surface area contributed by atoms with Gasteiger partial charge in [0.1, 0.15) is 17.9 Å². The first-order valence-electron chi connectivity index (χ1n) is 7.08. The fraction of sp³-hybridized carbons (Fsp3) is 0.467. The molecule has 0 unspecified atom stereocenters. The van der Waals surface area contributed by atoms with Gasteiger partial charge in [0, 0.05) is 38.7 Å². The van der Waals surface area contributed by atoms with Gasteiger partial charge in [-0.1, -0.05) is 12.2 Å². The predicted molar refractivity (Wildman–Crippen MR) is 75.4 cm³/mol. The molecular weight excluding hydrogens is 254 g/mol. The van der Waals surface area contributed by atoms with Crippen LogP contribution in [0.25, 0.3) is 0 Å². The number of ether oxygens (including phenoxy) is 1. The van der Waals surface area contributed by atoms with E-state index in [1.165, 1.54) is 0 Å². The first kappa shape index (κ1) is 13.1. The first-order valence-corrected chi connectivity index (χ1v) is 7.08. The maximum absolute atomic E-state index is 12.2. The van der Waals surface area contributed by atoms with E-state index in [-0.39, 0.29) is 18.1 Å². The van der Waals surface area contributed by atoms with Crippen molar-refractivity contribution < 1.29 is 9.53 Å². The Labute approximate surface area is 118 Å². The van der Waals surface area contributed by atoms with Crippen LogP contribution in [0.2, 0.25) is 0 Å². The molecule has 5 nitrogen and oxygen atoms in total. The molecule has 5 heteroatoms. The molecule has 20 heavy (non-hydrogen) atoms. The molecule has 1 N–H and O–H groups in total. The van der Waals surface area contributed by atoms with E-state index >= 15 is 0 Å². The molecular formula is C15H19N3O2. The molecule has 3 heterocycles. The minimum absolute atomic E-state index is 0.134. The van der Waals surface area contributed by atoms with Crippen molar-refractivity contribution in [2.24, 2.45) is 0 Å². The van der Waals surface area contributed by atoms with Crippen LogP contribution >= 0.6 is 0 Å². The Morgan fingerprint density at radius 3 is 2.90 bits per heavy atom. The van der Waals surface area contributed by atoms with Crippen molar-refractivity contribution in [1.82, 2.24) is 15.2 Å². The Morgan fingerprint density at radius 1 is 1.40 bits per heavy atom. The topological polar surface area (TPSA) is 54.5 Å². The first-order chi connectivity index (χ1) is 9.83. The molecule has 0 spiro atoms. The van der Waals surface area contributed by atoms with Gasteiger partial charge in [-0.3, -0.25) is 15.1 Å². The second kappa shape index (κ2) is 6.05. The van der Waals surface area contributed by atoms with E-state index in [1.807, 2.05) is 29.2 Å². The van der Waals surface area contributed by atoms with Crippen LogP contribution in [-0.2, 0) is 4.79 Å². The fourth-order valence-corrected chi connectivity index (χ4v) is 2.64. The number of amides is 1.